The summed E-state index contributed by atoms with van der Waals surface area (Å²) in [5.41, 5.74) is -0.856. The molecule has 10 nitrogen and oxygen atoms in total. The van der Waals surface area contributed by atoms with Crippen molar-refractivity contribution in [1.29, 1.82) is 0 Å². The summed E-state index contributed by atoms with van der Waals surface area (Å²) in [6.07, 6.45) is 0. The van der Waals surface area contributed by atoms with Crippen LogP contribution in [0.4, 0.5) is 0 Å². The summed E-state index contributed by atoms with van der Waals surface area (Å²) in [6.45, 7) is 0. The van der Waals surface area contributed by atoms with Crippen LogP contribution in [0.1, 0.15) is 0 Å². The second-order valence-corrected chi connectivity index (χ2v) is 3.89. The third kappa shape index (κ3) is 1.91. The van der Waals surface area contributed by atoms with E-state index in [4.69, 9.17) is 0 Å². The molecule has 0 N–H and O–H groups in total. The molecule has 0 aromatic carbocycles. The molecule has 0 aliphatic carbocycles. The van der Waals surface area contributed by atoms with Crippen molar-refractivity contribution in [2.45, 2.75) is 0 Å². The van der Waals surface area contributed by atoms with Gasteiger partial charge in [-0.2, -0.15) is 0 Å². The van der Waals surface area contributed by atoms with Gasteiger partial charge >= 0.3 is 23.3 Å². The molecule has 11 heteroatoms. The zero-order chi connectivity index (χ0) is 13.6. The van der Waals surface area contributed by atoms with Crippen molar-refractivity contribution in [1.82, 2.24) is 0 Å². The first-order valence-corrected chi connectivity index (χ1v) is 5.24. The summed E-state index contributed by atoms with van der Waals surface area (Å²) in [5, 5.41) is 0. The van der Waals surface area contributed by atoms with Crippen molar-refractivity contribution in [2.75, 3.05) is 0 Å². The summed E-state index contributed by atoms with van der Waals surface area (Å²) in [6, 6.07) is 0. The number of fused-ring (bicyclic) bond motifs is 3. The minimum atomic E-state index is -1.39. The highest BCUT2D eigenvalue weighted by molar-refractivity contribution is 7.24. The molecule has 0 amide bonds. The zero-order valence-corrected chi connectivity index (χ0v) is 9.31. The lowest BCUT2D eigenvalue weighted by molar-refractivity contribution is 0.277. The van der Waals surface area contributed by atoms with Crippen molar-refractivity contribution in [2.24, 2.45) is 0 Å². The van der Waals surface area contributed by atoms with Crippen molar-refractivity contribution in [3.05, 3.63) is 42.5 Å². The van der Waals surface area contributed by atoms with Crippen LogP contribution in [0.5, 0.6) is 0 Å². The summed E-state index contributed by atoms with van der Waals surface area (Å²) in [5.74, 6) is -5.46. The van der Waals surface area contributed by atoms with Crippen LogP contribution in [0, 0.1) is 0 Å². The van der Waals surface area contributed by atoms with Crippen LogP contribution in [0.3, 0.4) is 0 Å². The monoisotopic (exact) mass is 288 g/mol. The van der Waals surface area contributed by atoms with E-state index in [-0.39, 0.29) is 9.79 Å². The Morgan fingerprint density at radius 1 is 0.526 bits per heavy atom. The van der Waals surface area contributed by atoms with E-state index in [0.29, 0.717) is 11.3 Å². The molecule has 98 valence electrons. The lowest BCUT2D eigenvalue weighted by Gasteiger charge is -1.75. The minimum absolute atomic E-state index is 0.275. The first-order chi connectivity index (χ1) is 9.02. The average molecular weight is 288 g/mol. The van der Waals surface area contributed by atoms with E-state index >= 15 is 0 Å². The largest absolute Gasteiger partial charge is 0.525 e. The maximum atomic E-state index is 11.1. The second-order valence-electron chi connectivity index (χ2n) is 2.95. The Balaban J connectivity index is 2.73. The lowest BCUT2D eigenvalue weighted by atomic mass is 10.6. The standard InChI is InChI=1S/C8O10S/c9-5-13-1-2-4(16-8(12)18-6(10)14-2)19-3(1)15-7(11)17-5. The van der Waals surface area contributed by atoms with Gasteiger partial charge < -0.3 is 26.5 Å². The average Bonchev–Trinajstić information content (AvgIpc) is 2.44. The van der Waals surface area contributed by atoms with E-state index in [1.165, 1.54) is 0 Å². The Bertz CT molecular complexity index is 958. The second kappa shape index (κ2) is 3.84. The molecule has 19 heavy (non-hydrogen) atoms. The predicted octanol–water partition coefficient (Wildman–Crippen LogP) is 0.178. The van der Waals surface area contributed by atoms with Gasteiger partial charge in [-0.05, 0) is 0 Å². The molecular formula is C8O10S. The highest BCUT2D eigenvalue weighted by Gasteiger charge is 2.16. The number of hydrogen-bond acceptors (Lipinski definition) is 11. The first-order valence-electron chi connectivity index (χ1n) is 4.42. The zero-order valence-electron chi connectivity index (χ0n) is 8.49. The van der Waals surface area contributed by atoms with Gasteiger partial charge in [0.15, 0.2) is 0 Å². The molecule has 3 aromatic heterocycles. The van der Waals surface area contributed by atoms with Crippen LogP contribution in [0.15, 0.2) is 45.7 Å². The molecule has 0 aliphatic heterocycles. The molecule has 3 heterocycles. The first kappa shape index (κ1) is 11.3. The van der Waals surface area contributed by atoms with Crippen LogP contribution in [-0.2, 0) is 0 Å². The Kier molecular flexibility index (Phi) is 2.28. The van der Waals surface area contributed by atoms with Crippen LogP contribution in [-0.4, -0.2) is 0 Å². The van der Waals surface area contributed by atoms with Gasteiger partial charge in [-0.15, -0.1) is 0 Å². The molecule has 0 aliphatic rings. The summed E-state index contributed by atoms with van der Waals surface area (Å²) in [4.78, 5) is 43.5. The molecule has 3 rings (SSSR count). The van der Waals surface area contributed by atoms with Gasteiger partial charge in [0.05, 0.1) is 0 Å². The Hall–Kier alpha value is -2.82. The summed E-state index contributed by atoms with van der Waals surface area (Å²) < 4.78 is 26.4. The van der Waals surface area contributed by atoms with Gasteiger partial charge in [-0.25, -0.2) is 19.2 Å². The highest BCUT2D eigenvalue weighted by atomic mass is 32.1. The SMILES string of the molecule is O=c1oc(=O)oc2c(o1)sc1oc(=O)oc(=O)oc12. The number of rotatable bonds is 0. The Morgan fingerprint density at radius 3 is 1.32 bits per heavy atom. The maximum absolute atomic E-state index is 11.1. The fourth-order valence-electron chi connectivity index (χ4n) is 1.21. The van der Waals surface area contributed by atoms with E-state index in [1.807, 2.05) is 0 Å². The van der Waals surface area contributed by atoms with Gasteiger partial charge in [-0.1, -0.05) is 11.3 Å². The minimum Gasteiger partial charge on any atom is -0.385 e. The van der Waals surface area contributed by atoms with Crippen molar-refractivity contribution in [3.63, 3.8) is 0 Å². The predicted molar refractivity (Wildman–Crippen MR) is 55.6 cm³/mol. The number of thiophene rings is 1. The third-order valence-corrected chi connectivity index (χ3v) is 2.73. The van der Waals surface area contributed by atoms with Gasteiger partial charge in [0.25, 0.3) is 0 Å². The molecule has 0 unspecified atom stereocenters. The van der Waals surface area contributed by atoms with Gasteiger partial charge in [-0.3, -0.25) is 0 Å². The third-order valence-electron chi connectivity index (χ3n) is 1.82. The lowest BCUT2D eigenvalue weighted by Crippen LogP contribution is -2.01. The van der Waals surface area contributed by atoms with Crippen LogP contribution in [0.2, 0.25) is 0 Å². The van der Waals surface area contributed by atoms with Crippen LogP contribution < -0.4 is 23.3 Å². The fourth-order valence-corrected chi connectivity index (χ4v) is 2.05. The molecule has 0 fully saturated rings. The van der Waals surface area contributed by atoms with Crippen molar-refractivity contribution >= 4 is 32.3 Å². The van der Waals surface area contributed by atoms with Gasteiger partial charge in [0.2, 0.25) is 21.0 Å². The van der Waals surface area contributed by atoms with Crippen molar-refractivity contribution < 1.29 is 26.5 Å². The number of hydrogen-bond donors (Lipinski definition) is 0. The summed E-state index contributed by atoms with van der Waals surface area (Å²) in [7, 11) is 0. The quantitative estimate of drug-likeness (QED) is 0.560. The Labute approximate surface area is 102 Å². The Morgan fingerprint density at radius 2 is 0.895 bits per heavy atom. The molecular weight excluding hydrogens is 288 g/mol. The fraction of sp³-hybridized carbons (Fsp3) is 0. The van der Waals surface area contributed by atoms with E-state index in [0.717, 1.165) is 0 Å². The topological polar surface area (TPSA) is 147 Å². The normalized spacial score (nSPS) is 10.9. The molecule has 0 spiro atoms. The van der Waals surface area contributed by atoms with Crippen LogP contribution >= 0.6 is 11.3 Å². The smallest absolute Gasteiger partial charge is 0.385 e. The molecule has 0 radical (unpaired) electrons. The van der Waals surface area contributed by atoms with E-state index in [9.17, 15) is 19.2 Å². The molecule has 0 bridgehead atoms. The molecule has 0 saturated heterocycles. The highest BCUT2D eigenvalue weighted by Crippen LogP contribution is 2.29. The van der Waals surface area contributed by atoms with E-state index in [1.54, 1.807) is 0 Å². The maximum Gasteiger partial charge on any atom is 0.525 e. The molecule has 0 saturated carbocycles. The van der Waals surface area contributed by atoms with Gasteiger partial charge in [0.1, 0.15) is 0 Å². The summed E-state index contributed by atoms with van der Waals surface area (Å²) >= 11 is 0.575. The molecule has 0 atom stereocenters. The molecule has 3 aromatic rings. The van der Waals surface area contributed by atoms with Crippen molar-refractivity contribution in [3.8, 4) is 0 Å². The van der Waals surface area contributed by atoms with E-state index in [2.05, 4.69) is 26.5 Å². The van der Waals surface area contributed by atoms with E-state index < -0.39 is 34.5 Å². The van der Waals surface area contributed by atoms with Gasteiger partial charge in [0, 0.05) is 0 Å². The van der Waals surface area contributed by atoms with Crippen LogP contribution in [0.25, 0.3) is 21.0 Å².